The van der Waals surface area contributed by atoms with Crippen LogP contribution in [0, 0.1) is 13.8 Å². The molecule has 0 fully saturated rings. The van der Waals surface area contributed by atoms with Crippen LogP contribution >= 0.6 is 15.9 Å². The number of aryl methyl sites for hydroxylation is 1. The Bertz CT molecular complexity index is 558. The van der Waals surface area contributed by atoms with Crippen LogP contribution in [0.2, 0.25) is 0 Å². The van der Waals surface area contributed by atoms with Gasteiger partial charge in [-0.1, -0.05) is 19.1 Å². The largest absolute Gasteiger partial charge is 0.327 e. The van der Waals surface area contributed by atoms with Crippen molar-refractivity contribution in [2.24, 2.45) is 5.73 Å². The molecule has 1 aromatic carbocycles. The Morgan fingerprint density at radius 1 is 1.26 bits per heavy atom. The first-order chi connectivity index (χ1) is 9.02. The predicted octanol–water partition coefficient (Wildman–Crippen LogP) is 3.53. The van der Waals surface area contributed by atoms with Crippen molar-refractivity contribution in [3.63, 3.8) is 0 Å². The Morgan fingerprint density at radius 2 is 1.89 bits per heavy atom. The average molecular weight is 322 g/mol. The molecule has 1 heterocycles. The van der Waals surface area contributed by atoms with Gasteiger partial charge in [0, 0.05) is 6.04 Å². The molecule has 2 aromatic rings. The second-order valence-electron chi connectivity index (χ2n) is 4.94. The third-order valence-electron chi connectivity index (χ3n) is 3.41. The second kappa shape index (κ2) is 5.88. The van der Waals surface area contributed by atoms with E-state index in [2.05, 4.69) is 59.1 Å². The maximum Gasteiger partial charge on any atom is 0.0743 e. The van der Waals surface area contributed by atoms with E-state index >= 15 is 0 Å². The van der Waals surface area contributed by atoms with Crippen LogP contribution in [0.5, 0.6) is 0 Å². The van der Waals surface area contributed by atoms with Gasteiger partial charge >= 0.3 is 0 Å². The molecule has 0 radical (unpaired) electrons. The molecule has 0 spiro atoms. The van der Waals surface area contributed by atoms with Crippen molar-refractivity contribution in [3.8, 4) is 5.69 Å². The number of nitrogens with two attached hydrogens (primary N) is 1. The molecule has 0 saturated heterocycles. The molecule has 1 unspecified atom stereocenters. The molecule has 0 aliphatic carbocycles. The molecule has 0 aliphatic heterocycles. The van der Waals surface area contributed by atoms with Gasteiger partial charge in [0.15, 0.2) is 0 Å². The van der Waals surface area contributed by atoms with Gasteiger partial charge in [-0.05, 0) is 60.3 Å². The lowest BCUT2D eigenvalue weighted by atomic mass is 10.0. The fourth-order valence-corrected chi connectivity index (χ4v) is 2.34. The van der Waals surface area contributed by atoms with Crippen molar-refractivity contribution >= 4 is 15.9 Å². The molecule has 0 saturated carbocycles. The van der Waals surface area contributed by atoms with E-state index in [1.54, 1.807) is 0 Å². The zero-order chi connectivity index (χ0) is 14.0. The minimum Gasteiger partial charge on any atom is -0.327 e. The topological polar surface area (TPSA) is 43.8 Å². The highest BCUT2D eigenvalue weighted by molar-refractivity contribution is 9.10. The zero-order valence-electron chi connectivity index (χ0n) is 11.7. The van der Waals surface area contributed by atoms with E-state index in [1.807, 2.05) is 11.6 Å². The lowest BCUT2D eigenvalue weighted by Gasteiger charge is -2.10. The van der Waals surface area contributed by atoms with E-state index < -0.39 is 0 Å². The van der Waals surface area contributed by atoms with E-state index in [0.717, 1.165) is 34.4 Å². The standard InChI is InChI=1S/C15H20BrN3/c1-4-13(17)9-12-5-7-14(8-6-12)19-11(3)15(16)10(2)18-19/h5-8,13H,4,9,17H2,1-3H3. The number of hydrogen-bond donors (Lipinski definition) is 1. The summed E-state index contributed by atoms with van der Waals surface area (Å²) in [6.07, 6.45) is 1.93. The Balaban J connectivity index is 2.25. The monoisotopic (exact) mass is 321 g/mol. The van der Waals surface area contributed by atoms with E-state index in [-0.39, 0.29) is 6.04 Å². The highest BCUT2D eigenvalue weighted by Gasteiger charge is 2.10. The normalized spacial score (nSPS) is 12.7. The fourth-order valence-electron chi connectivity index (χ4n) is 2.10. The van der Waals surface area contributed by atoms with Crippen molar-refractivity contribution < 1.29 is 0 Å². The molecule has 2 N–H and O–H groups in total. The Hall–Kier alpha value is -1.13. The van der Waals surface area contributed by atoms with Crippen molar-refractivity contribution in [2.45, 2.75) is 39.7 Å². The first kappa shape index (κ1) is 14.3. The van der Waals surface area contributed by atoms with E-state index in [4.69, 9.17) is 5.73 Å². The van der Waals surface area contributed by atoms with E-state index in [0.29, 0.717) is 0 Å². The van der Waals surface area contributed by atoms with Crippen LogP contribution in [0.4, 0.5) is 0 Å². The number of halogens is 1. The minimum atomic E-state index is 0.244. The van der Waals surface area contributed by atoms with Crippen molar-refractivity contribution in [1.29, 1.82) is 0 Å². The molecule has 1 aromatic heterocycles. The van der Waals surface area contributed by atoms with Gasteiger partial charge in [0.2, 0.25) is 0 Å². The third-order valence-corrected chi connectivity index (χ3v) is 4.55. The summed E-state index contributed by atoms with van der Waals surface area (Å²) in [6, 6.07) is 8.71. The van der Waals surface area contributed by atoms with E-state index in [1.165, 1.54) is 5.56 Å². The second-order valence-corrected chi connectivity index (χ2v) is 5.73. The average Bonchev–Trinajstić information content (AvgIpc) is 2.67. The summed E-state index contributed by atoms with van der Waals surface area (Å²) in [7, 11) is 0. The van der Waals surface area contributed by atoms with Gasteiger partial charge in [-0.25, -0.2) is 4.68 Å². The number of benzene rings is 1. The summed E-state index contributed by atoms with van der Waals surface area (Å²) in [5.74, 6) is 0. The SMILES string of the molecule is CCC(N)Cc1ccc(-n2nc(C)c(Br)c2C)cc1. The van der Waals surface area contributed by atoms with Gasteiger partial charge in [0.05, 0.1) is 21.5 Å². The van der Waals surface area contributed by atoms with Gasteiger partial charge in [0.25, 0.3) is 0 Å². The maximum absolute atomic E-state index is 5.98. The van der Waals surface area contributed by atoms with Crippen molar-refractivity contribution in [1.82, 2.24) is 9.78 Å². The highest BCUT2D eigenvalue weighted by Crippen LogP contribution is 2.23. The van der Waals surface area contributed by atoms with Crippen molar-refractivity contribution in [2.75, 3.05) is 0 Å². The minimum absolute atomic E-state index is 0.244. The van der Waals surface area contributed by atoms with Gasteiger partial charge in [-0.2, -0.15) is 5.10 Å². The van der Waals surface area contributed by atoms with E-state index in [9.17, 15) is 0 Å². The molecule has 4 heteroatoms. The molecular formula is C15H20BrN3. The first-order valence-electron chi connectivity index (χ1n) is 6.59. The van der Waals surface area contributed by atoms with Crippen LogP contribution in [0.15, 0.2) is 28.7 Å². The molecule has 0 amide bonds. The molecular weight excluding hydrogens is 302 g/mol. The Labute approximate surface area is 122 Å². The van der Waals surface area contributed by atoms with Crippen LogP contribution in [0.1, 0.15) is 30.3 Å². The summed E-state index contributed by atoms with van der Waals surface area (Å²) < 4.78 is 3.03. The fraction of sp³-hybridized carbons (Fsp3) is 0.400. The van der Waals surface area contributed by atoms with Gasteiger partial charge in [0.1, 0.15) is 0 Å². The van der Waals surface area contributed by atoms with Crippen LogP contribution in [0.25, 0.3) is 5.69 Å². The van der Waals surface area contributed by atoms with Crippen LogP contribution < -0.4 is 5.73 Å². The summed E-state index contributed by atoms with van der Waals surface area (Å²) in [4.78, 5) is 0. The molecule has 102 valence electrons. The lowest BCUT2D eigenvalue weighted by Crippen LogP contribution is -2.21. The molecule has 0 bridgehead atoms. The van der Waals surface area contributed by atoms with Gasteiger partial charge < -0.3 is 5.73 Å². The van der Waals surface area contributed by atoms with Crippen molar-refractivity contribution in [3.05, 3.63) is 45.7 Å². The first-order valence-corrected chi connectivity index (χ1v) is 7.38. The highest BCUT2D eigenvalue weighted by atomic mass is 79.9. The van der Waals surface area contributed by atoms with Gasteiger partial charge in [-0.15, -0.1) is 0 Å². The zero-order valence-corrected chi connectivity index (χ0v) is 13.2. The maximum atomic E-state index is 5.98. The van der Waals surface area contributed by atoms with Crippen LogP contribution in [-0.2, 0) is 6.42 Å². The number of hydrogen-bond acceptors (Lipinski definition) is 2. The van der Waals surface area contributed by atoms with Crippen LogP contribution in [0.3, 0.4) is 0 Å². The number of aromatic nitrogens is 2. The number of nitrogens with zero attached hydrogens (tertiary/aromatic N) is 2. The number of rotatable bonds is 4. The molecule has 0 aliphatic rings. The summed E-state index contributed by atoms with van der Waals surface area (Å²) in [6.45, 7) is 6.18. The summed E-state index contributed by atoms with van der Waals surface area (Å²) in [5.41, 5.74) is 10.5. The quantitative estimate of drug-likeness (QED) is 0.936. The summed E-state index contributed by atoms with van der Waals surface area (Å²) >= 11 is 3.55. The molecule has 2 rings (SSSR count). The Morgan fingerprint density at radius 3 is 2.37 bits per heavy atom. The third kappa shape index (κ3) is 3.07. The van der Waals surface area contributed by atoms with Crippen LogP contribution in [-0.4, -0.2) is 15.8 Å². The summed E-state index contributed by atoms with van der Waals surface area (Å²) in [5, 5.41) is 4.53. The lowest BCUT2D eigenvalue weighted by molar-refractivity contribution is 0.646. The molecule has 1 atom stereocenters. The molecule has 19 heavy (non-hydrogen) atoms. The smallest absolute Gasteiger partial charge is 0.0743 e. The van der Waals surface area contributed by atoms with Gasteiger partial charge in [-0.3, -0.25) is 0 Å². The predicted molar refractivity (Wildman–Crippen MR) is 82.7 cm³/mol. The molecule has 3 nitrogen and oxygen atoms in total. The Kier molecular flexibility index (Phi) is 4.42.